The van der Waals surface area contributed by atoms with E-state index < -0.39 is 0 Å². The number of hydrogen-bond acceptors (Lipinski definition) is 3. The van der Waals surface area contributed by atoms with Gasteiger partial charge >= 0.3 is 0 Å². The van der Waals surface area contributed by atoms with Crippen molar-refractivity contribution in [3.05, 3.63) is 35.9 Å². The fourth-order valence-corrected chi connectivity index (χ4v) is 1.49. The van der Waals surface area contributed by atoms with Crippen molar-refractivity contribution in [1.82, 2.24) is 0 Å². The zero-order valence-electron chi connectivity index (χ0n) is 7.50. The van der Waals surface area contributed by atoms with Crippen molar-refractivity contribution in [1.29, 1.82) is 10.8 Å². The summed E-state index contributed by atoms with van der Waals surface area (Å²) in [5, 5.41) is 16.1. The summed E-state index contributed by atoms with van der Waals surface area (Å²) in [4.78, 5) is 0. The van der Waals surface area contributed by atoms with Crippen molar-refractivity contribution >= 4 is 21.8 Å². The lowest BCUT2D eigenvalue weighted by atomic mass is 10.2. The van der Waals surface area contributed by atoms with Crippen LogP contribution in [0.25, 0.3) is 0 Å². The van der Waals surface area contributed by atoms with E-state index in [0.29, 0.717) is 16.5 Å². The maximum atomic E-state index is 7.69. The Balaban J connectivity index is 2.65. The molecule has 0 aliphatic rings. The average Bonchev–Trinajstić information content (AvgIpc) is 2.19. The topological polar surface area (TPSA) is 47.7 Å². The molecule has 0 aliphatic heterocycles. The molecule has 0 fully saturated rings. The fraction of sp³-hybridized carbons (Fsp3) is 0.200. The van der Waals surface area contributed by atoms with Crippen LogP contribution in [0.1, 0.15) is 18.9 Å². The summed E-state index contributed by atoms with van der Waals surface area (Å²) in [6.07, 6.45) is 0.694. The molecule has 0 bridgehead atoms. The molecule has 1 rings (SSSR count). The van der Waals surface area contributed by atoms with E-state index in [9.17, 15) is 0 Å². The molecule has 0 saturated heterocycles. The zero-order chi connectivity index (χ0) is 9.68. The first-order chi connectivity index (χ1) is 6.24. The maximum absolute atomic E-state index is 7.69. The first kappa shape index (κ1) is 9.99. The predicted molar refractivity (Wildman–Crippen MR) is 58.9 cm³/mol. The highest BCUT2D eigenvalue weighted by Crippen LogP contribution is 2.14. The summed E-state index contributed by atoms with van der Waals surface area (Å²) in [7, 11) is 0. The summed E-state index contributed by atoms with van der Waals surface area (Å²) < 4.78 is 0. The van der Waals surface area contributed by atoms with Crippen molar-refractivity contribution in [2.24, 2.45) is 0 Å². The van der Waals surface area contributed by atoms with Gasteiger partial charge in [0.05, 0.1) is 5.04 Å². The molecule has 13 heavy (non-hydrogen) atoms. The molecule has 3 heteroatoms. The lowest BCUT2D eigenvalue weighted by molar-refractivity contribution is 1.28. The number of benzene rings is 1. The lowest BCUT2D eigenvalue weighted by Gasteiger charge is -2.02. The number of hydrogen-bond donors (Lipinski definition) is 2. The molecule has 0 heterocycles. The molecule has 0 aromatic heterocycles. The monoisotopic (exact) mass is 192 g/mol. The van der Waals surface area contributed by atoms with E-state index >= 15 is 0 Å². The zero-order valence-corrected chi connectivity index (χ0v) is 8.32. The Morgan fingerprint density at radius 3 is 2.38 bits per heavy atom. The Morgan fingerprint density at radius 2 is 1.85 bits per heavy atom. The number of thioether (sulfide) groups is 1. The fourth-order valence-electron chi connectivity index (χ4n) is 0.844. The van der Waals surface area contributed by atoms with Crippen LogP contribution < -0.4 is 0 Å². The minimum atomic E-state index is 0.451. The molecule has 0 unspecified atom stereocenters. The van der Waals surface area contributed by atoms with Gasteiger partial charge in [-0.3, -0.25) is 10.8 Å². The molecule has 0 saturated carbocycles. The van der Waals surface area contributed by atoms with Crippen LogP contribution in [-0.4, -0.2) is 10.1 Å². The van der Waals surface area contributed by atoms with Crippen molar-refractivity contribution in [3.63, 3.8) is 0 Å². The van der Waals surface area contributed by atoms with Crippen LogP contribution in [0.4, 0.5) is 0 Å². The summed E-state index contributed by atoms with van der Waals surface area (Å²) in [6, 6.07) is 9.50. The van der Waals surface area contributed by atoms with Gasteiger partial charge in [0.2, 0.25) is 0 Å². The molecule has 1 aromatic carbocycles. The van der Waals surface area contributed by atoms with Gasteiger partial charge in [0.15, 0.2) is 0 Å². The van der Waals surface area contributed by atoms with E-state index in [1.165, 1.54) is 11.8 Å². The van der Waals surface area contributed by atoms with Gasteiger partial charge in [-0.1, -0.05) is 49.0 Å². The SMILES string of the molecule is CCC(=N)SC(=N)c1ccccc1. The molecular formula is C10H12N2S. The summed E-state index contributed by atoms with van der Waals surface area (Å²) in [6.45, 7) is 1.92. The Labute approximate surface area is 82.4 Å². The van der Waals surface area contributed by atoms with E-state index in [-0.39, 0.29) is 0 Å². The molecule has 0 aliphatic carbocycles. The lowest BCUT2D eigenvalue weighted by Crippen LogP contribution is -1.97. The molecule has 0 amide bonds. The maximum Gasteiger partial charge on any atom is 0.100 e. The number of nitrogens with one attached hydrogen (secondary N) is 2. The van der Waals surface area contributed by atoms with Gasteiger partial charge in [-0.15, -0.1) is 0 Å². The normalized spacial score (nSPS) is 9.62. The minimum Gasteiger partial charge on any atom is -0.298 e. The van der Waals surface area contributed by atoms with Crippen molar-refractivity contribution in [3.8, 4) is 0 Å². The van der Waals surface area contributed by atoms with E-state index in [1.54, 1.807) is 0 Å². The molecular weight excluding hydrogens is 180 g/mol. The van der Waals surface area contributed by atoms with Gasteiger partial charge in [-0.25, -0.2) is 0 Å². The van der Waals surface area contributed by atoms with Gasteiger partial charge in [0, 0.05) is 5.56 Å². The third-order valence-corrected chi connectivity index (χ3v) is 2.56. The van der Waals surface area contributed by atoms with E-state index in [0.717, 1.165) is 5.56 Å². The van der Waals surface area contributed by atoms with Crippen LogP contribution in [0.2, 0.25) is 0 Å². The van der Waals surface area contributed by atoms with E-state index in [1.807, 2.05) is 37.3 Å². The Morgan fingerprint density at radius 1 is 1.23 bits per heavy atom. The van der Waals surface area contributed by atoms with Crippen molar-refractivity contribution in [2.75, 3.05) is 0 Å². The van der Waals surface area contributed by atoms with E-state index in [4.69, 9.17) is 10.8 Å². The van der Waals surface area contributed by atoms with Crippen LogP contribution in [0.5, 0.6) is 0 Å². The van der Waals surface area contributed by atoms with Gasteiger partial charge in [-0.2, -0.15) is 0 Å². The van der Waals surface area contributed by atoms with Crippen LogP contribution in [0.15, 0.2) is 30.3 Å². The van der Waals surface area contributed by atoms with Gasteiger partial charge in [-0.05, 0) is 6.42 Å². The molecule has 1 aromatic rings. The van der Waals surface area contributed by atoms with Crippen LogP contribution >= 0.6 is 11.8 Å². The Bertz CT molecular complexity index is 306. The highest BCUT2D eigenvalue weighted by atomic mass is 32.2. The average molecular weight is 192 g/mol. The molecule has 2 nitrogen and oxygen atoms in total. The number of rotatable bonds is 2. The van der Waals surface area contributed by atoms with Crippen molar-refractivity contribution < 1.29 is 0 Å². The first-order valence-corrected chi connectivity index (χ1v) is 4.95. The first-order valence-electron chi connectivity index (χ1n) is 4.13. The molecule has 0 spiro atoms. The Kier molecular flexibility index (Phi) is 3.71. The summed E-state index contributed by atoms with van der Waals surface area (Å²) in [5.74, 6) is 0. The van der Waals surface area contributed by atoms with Crippen LogP contribution in [0, 0.1) is 10.8 Å². The molecule has 2 N–H and O–H groups in total. The third-order valence-electron chi connectivity index (χ3n) is 1.58. The van der Waals surface area contributed by atoms with Crippen molar-refractivity contribution in [2.45, 2.75) is 13.3 Å². The second-order valence-corrected chi connectivity index (χ2v) is 3.68. The highest BCUT2D eigenvalue weighted by Gasteiger charge is 2.03. The van der Waals surface area contributed by atoms with Crippen LogP contribution in [0.3, 0.4) is 0 Å². The second kappa shape index (κ2) is 4.82. The molecule has 68 valence electrons. The third kappa shape index (κ3) is 3.03. The summed E-state index contributed by atoms with van der Waals surface area (Å²) in [5.41, 5.74) is 0.880. The Hall–Kier alpha value is -1.09. The predicted octanol–water partition coefficient (Wildman–Crippen LogP) is 3.13. The largest absolute Gasteiger partial charge is 0.298 e. The van der Waals surface area contributed by atoms with Gasteiger partial charge < -0.3 is 0 Å². The van der Waals surface area contributed by atoms with Gasteiger partial charge in [0.1, 0.15) is 5.04 Å². The standard InChI is InChI=1S/C10H12N2S/c1-2-9(11)13-10(12)8-6-4-3-5-7-8/h3-7,11-12H,2H2,1H3. The second-order valence-electron chi connectivity index (χ2n) is 2.57. The quantitative estimate of drug-likeness (QED) is 0.549. The highest BCUT2D eigenvalue weighted by molar-refractivity contribution is 8.26. The van der Waals surface area contributed by atoms with Gasteiger partial charge in [0.25, 0.3) is 0 Å². The molecule has 0 atom stereocenters. The molecule has 0 radical (unpaired) electrons. The van der Waals surface area contributed by atoms with Crippen LogP contribution in [-0.2, 0) is 0 Å². The smallest absolute Gasteiger partial charge is 0.100 e. The van der Waals surface area contributed by atoms with E-state index in [2.05, 4.69) is 0 Å². The minimum absolute atomic E-state index is 0.451. The summed E-state index contributed by atoms with van der Waals surface area (Å²) >= 11 is 1.22.